The molecule has 1 saturated heterocycles. The smallest absolute Gasteiger partial charge is 0.309 e. The fourth-order valence-corrected chi connectivity index (χ4v) is 4.73. The number of likely N-dealkylation sites (N-methyl/N-ethyl adjacent to an activating group) is 1. The summed E-state index contributed by atoms with van der Waals surface area (Å²) in [6.07, 6.45) is 5.75. The second-order valence-corrected chi connectivity index (χ2v) is 8.56. The molecule has 1 saturated carbocycles. The van der Waals surface area contributed by atoms with Gasteiger partial charge in [-0.15, -0.1) is 0 Å². The molecule has 0 bridgehead atoms. The molecule has 2 aliphatic rings. The molecule has 1 aromatic carbocycles. The summed E-state index contributed by atoms with van der Waals surface area (Å²) in [5.74, 6) is 1.47. The maximum absolute atomic E-state index is 13.0. The number of hydrogen-bond acceptors (Lipinski definition) is 5. The monoisotopic (exact) mass is 416 g/mol. The van der Waals surface area contributed by atoms with Gasteiger partial charge in [-0.3, -0.25) is 9.59 Å². The summed E-state index contributed by atoms with van der Waals surface area (Å²) >= 11 is 0. The van der Waals surface area contributed by atoms with Crippen molar-refractivity contribution in [2.45, 2.75) is 45.4 Å². The highest BCUT2D eigenvalue weighted by Gasteiger charge is 2.37. The molecule has 1 aliphatic carbocycles. The van der Waals surface area contributed by atoms with Crippen molar-refractivity contribution in [3.63, 3.8) is 0 Å². The predicted molar refractivity (Wildman–Crippen MR) is 116 cm³/mol. The lowest BCUT2D eigenvalue weighted by molar-refractivity contribution is -0.151. The van der Waals surface area contributed by atoms with E-state index in [-0.39, 0.29) is 18.3 Å². The zero-order chi connectivity index (χ0) is 21.3. The Kier molecular flexibility index (Phi) is 8.55. The Balaban J connectivity index is 1.59. The fourth-order valence-electron chi connectivity index (χ4n) is 4.73. The average Bonchev–Trinajstić information content (AvgIpc) is 3.19. The van der Waals surface area contributed by atoms with Gasteiger partial charge in [0.25, 0.3) is 0 Å². The van der Waals surface area contributed by atoms with Crippen LogP contribution in [-0.4, -0.2) is 56.7 Å². The summed E-state index contributed by atoms with van der Waals surface area (Å²) in [6.45, 7) is 5.24. The van der Waals surface area contributed by atoms with Gasteiger partial charge in [-0.05, 0) is 62.8 Å². The lowest BCUT2D eigenvalue weighted by atomic mass is 9.82. The molecule has 30 heavy (non-hydrogen) atoms. The molecular weight excluding hydrogens is 380 g/mol. The van der Waals surface area contributed by atoms with Gasteiger partial charge in [0.1, 0.15) is 12.4 Å². The van der Waals surface area contributed by atoms with E-state index in [2.05, 4.69) is 5.32 Å². The van der Waals surface area contributed by atoms with Gasteiger partial charge in [-0.1, -0.05) is 25.0 Å². The molecule has 1 aromatic rings. The third-order valence-electron chi connectivity index (χ3n) is 6.40. The summed E-state index contributed by atoms with van der Waals surface area (Å²) in [5, 5.41) is 3.05. The molecular formula is C24H36N2O4. The zero-order valence-electron chi connectivity index (χ0n) is 18.4. The molecule has 6 nitrogen and oxygen atoms in total. The van der Waals surface area contributed by atoms with E-state index in [0.29, 0.717) is 31.5 Å². The number of rotatable bonds is 10. The molecule has 1 heterocycles. The topological polar surface area (TPSA) is 67.9 Å². The summed E-state index contributed by atoms with van der Waals surface area (Å²) in [4.78, 5) is 27.5. The van der Waals surface area contributed by atoms with Crippen molar-refractivity contribution in [3.8, 4) is 5.75 Å². The SMILES string of the molecule is CCOC(=O)C(CC(=O)N1C[C@H]2CCCC[C@H]2C1)Cc1ccc(OCCNC)cc1. The van der Waals surface area contributed by atoms with Gasteiger partial charge in [-0.25, -0.2) is 0 Å². The summed E-state index contributed by atoms with van der Waals surface area (Å²) in [6, 6.07) is 7.77. The van der Waals surface area contributed by atoms with Crippen molar-refractivity contribution >= 4 is 11.9 Å². The number of nitrogens with one attached hydrogen (secondary N) is 1. The second-order valence-electron chi connectivity index (χ2n) is 8.56. The third kappa shape index (κ3) is 6.21. The van der Waals surface area contributed by atoms with E-state index in [1.807, 2.05) is 36.2 Å². The third-order valence-corrected chi connectivity index (χ3v) is 6.40. The standard InChI is InChI=1S/C24H36N2O4/c1-3-29-24(28)21(14-18-8-10-22(11-9-18)30-13-12-25-2)15-23(27)26-16-19-6-4-5-7-20(19)17-26/h8-11,19-21,25H,3-7,12-17H2,1-2H3/t19-,20+,21?. The maximum Gasteiger partial charge on any atom is 0.309 e. The van der Waals surface area contributed by atoms with Crippen LogP contribution in [-0.2, 0) is 20.7 Å². The molecule has 0 radical (unpaired) electrons. The number of esters is 1. The Morgan fingerprint density at radius 2 is 1.80 bits per heavy atom. The van der Waals surface area contributed by atoms with Crippen molar-refractivity contribution in [2.75, 3.05) is 39.9 Å². The number of carbonyl (C=O) groups excluding carboxylic acids is 2. The van der Waals surface area contributed by atoms with Gasteiger partial charge in [0.2, 0.25) is 5.91 Å². The summed E-state index contributed by atoms with van der Waals surface area (Å²) in [5.41, 5.74) is 1.01. The van der Waals surface area contributed by atoms with Crippen LogP contribution in [0.4, 0.5) is 0 Å². The molecule has 1 amide bonds. The molecule has 3 atom stereocenters. The van der Waals surface area contributed by atoms with Crippen LogP contribution < -0.4 is 10.1 Å². The molecule has 1 aliphatic heterocycles. The summed E-state index contributed by atoms with van der Waals surface area (Å²) < 4.78 is 10.9. The van der Waals surface area contributed by atoms with Crippen LogP contribution in [0.2, 0.25) is 0 Å². The number of amides is 1. The number of carbonyl (C=O) groups is 2. The Labute approximate surface area is 180 Å². The van der Waals surface area contributed by atoms with E-state index < -0.39 is 5.92 Å². The number of nitrogens with zero attached hydrogens (tertiary/aromatic N) is 1. The van der Waals surface area contributed by atoms with Crippen molar-refractivity contribution in [1.29, 1.82) is 0 Å². The number of ether oxygens (including phenoxy) is 2. The predicted octanol–water partition coefficient (Wildman–Crippen LogP) is 3.05. The number of hydrogen-bond donors (Lipinski definition) is 1. The lowest BCUT2D eigenvalue weighted by Gasteiger charge is -2.22. The van der Waals surface area contributed by atoms with E-state index in [9.17, 15) is 9.59 Å². The fraction of sp³-hybridized carbons (Fsp3) is 0.667. The van der Waals surface area contributed by atoms with Crippen LogP contribution >= 0.6 is 0 Å². The van der Waals surface area contributed by atoms with Crippen molar-refractivity contribution in [3.05, 3.63) is 29.8 Å². The average molecular weight is 417 g/mol. The Morgan fingerprint density at radius 1 is 1.13 bits per heavy atom. The van der Waals surface area contributed by atoms with E-state index in [1.54, 1.807) is 6.92 Å². The van der Waals surface area contributed by atoms with Crippen LogP contribution in [0.15, 0.2) is 24.3 Å². The van der Waals surface area contributed by atoms with Crippen molar-refractivity contribution < 1.29 is 19.1 Å². The van der Waals surface area contributed by atoms with E-state index in [0.717, 1.165) is 30.9 Å². The minimum Gasteiger partial charge on any atom is -0.492 e. The molecule has 3 rings (SSSR count). The number of benzene rings is 1. The van der Waals surface area contributed by atoms with Crippen LogP contribution in [0.1, 0.15) is 44.6 Å². The van der Waals surface area contributed by atoms with Crippen LogP contribution in [0.3, 0.4) is 0 Å². The van der Waals surface area contributed by atoms with Crippen LogP contribution in [0.25, 0.3) is 0 Å². The minimum atomic E-state index is -0.448. The first kappa shape index (κ1) is 22.6. The van der Waals surface area contributed by atoms with Gasteiger partial charge >= 0.3 is 5.97 Å². The molecule has 1 unspecified atom stereocenters. The summed E-state index contributed by atoms with van der Waals surface area (Å²) in [7, 11) is 1.89. The van der Waals surface area contributed by atoms with E-state index in [4.69, 9.17) is 9.47 Å². The Morgan fingerprint density at radius 3 is 2.40 bits per heavy atom. The van der Waals surface area contributed by atoms with Gasteiger partial charge in [-0.2, -0.15) is 0 Å². The largest absolute Gasteiger partial charge is 0.492 e. The van der Waals surface area contributed by atoms with Gasteiger partial charge in [0, 0.05) is 26.1 Å². The molecule has 6 heteroatoms. The number of fused-ring (bicyclic) bond motifs is 1. The highest BCUT2D eigenvalue weighted by atomic mass is 16.5. The molecule has 166 valence electrons. The van der Waals surface area contributed by atoms with Gasteiger partial charge in [0.15, 0.2) is 0 Å². The van der Waals surface area contributed by atoms with E-state index >= 15 is 0 Å². The van der Waals surface area contributed by atoms with Crippen LogP contribution in [0.5, 0.6) is 5.75 Å². The van der Waals surface area contributed by atoms with Crippen molar-refractivity contribution in [1.82, 2.24) is 10.2 Å². The van der Waals surface area contributed by atoms with Crippen LogP contribution in [0, 0.1) is 17.8 Å². The quantitative estimate of drug-likeness (QED) is 0.469. The molecule has 0 spiro atoms. The Bertz CT molecular complexity index is 677. The number of likely N-dealkylation sites (tertiary alicyclic amines) is 1. The molecule has 2 fully saturated rings. The van der Waals surface area contributed by atoms with Gasteiger partial charge in [0.05, 0.1) is 12.5 Å². The maximum atomic E-state index is 13.0. The highest BCUT2D eigenvalue weighted by Crippen LogP contribution is 2.36. The normalized spacial score (nSPS) is 21.7. The Hall–Kier alpha value is -2.08. The molecule has 1 N–H and O–H groups in total. The first-order chi connectivity index (χ1) is 14.6. The second kappa shape index (κ2) is 11.3. The van der Waals surface area contributed by atoms with Gasteiger partial charge < -0.3 is 19.7 Å². The van der Waals surface area contributed by atoms with E-state index in [1.165, 1.54) is 25.7 Å². The highest BCUT2D eigenvalue weighted by molar-refractivity contribution is 5.83. The first-order valence-corrected chi connectivity index (χ1v) is 11.4. The zero-order valence-corrected chi connectivity index (χ0v) is 18.4. The molecule has 0 aromatic heterocycles. The first-order valence-electron chi connectivity index (χ1n) is 11.4. The lowest BCUT2D eigenvalue weighted by Crippen LogP contribution is -2.33. The minimum absolute atomic E-state index is 0.0921. The van der Waals surface area contributed by atoms with Crippen molar-refractivity contribution in [2.24, 2.45) is 17.8 Å².